The quantitative estimate of drug-likeness (QED) is 0.514. The van der Waals surface area contributed by atoms with Crippen molar-refractivity contribution >= 4 is 5.91 Å². The summed E-state index contributed by atoms with van der Waals surface area (Å²) in [6, 6.07) is -0.556. The predicted octanol–water partition coefficient (Wildman–Crippen LogP) is -0.412. The first-order chi connectivity index (χ1) is 4.09. The van der Waals surface area contributed by atoms with E-state index in [0.29, 0.717) is 0 Å². The normalized spacial score (nSPS) is 12.3. The van der Waals surface area contributed by atoms with Gasteiger partial charge in [-0.15, -0.1) is 6.58 Å². The second-order valence-electron chi connectivity index (χ2n) is 1.99. The fourth-order valence-corrected chi connectivity index (χ4v) is 0.399. The number of rotatable bonds is 2. The molecule has 3 nitrogen and oxygen atoms in total. The zero-order valence-corrected chi connectivity index (χ0v) is 5.79. The molecule has 0 aliphatic carbocycles. The van der Waals surface area contributed by atoms with E-state index in [0.717, 1.165) is 0 Å². The minimum atomic E-state index is -0.556. The Morgan fingerprint density at radius 3 is 2.33 bits per heavy atom. The van der Waals surface area contributed by atoms with Gasteiger partial charge in [0.25, 0.3) is 0 Å². The molecule has 0 spiro atoms. The van der Waals surface area contributed by atoms with E-state index in [-0.39, 0.29) is 5.91 Å². The molecule has 1 amide bonds. The number of carbonyl (C=O) groups is 1. The fraction of sp³-hybridized carbons (Fsp3) is 0.500. The van der Waals surface area contributed by atoms with E-state index < -0.39 is 6.04 Å². The molecular formula is C6H12N2O. The van der Waals surface area contributed by atoms with Gasteiger partial charge in [-0.2, -0.15) is 0 Å². The van der Waals surface area contributed by atoms with Gasteiger partial charge in [-0.25, -0.2) is 0 Å². The Morgan fingerprint density at radius 2 is 2.22 bits per heavy atom. The largest absolute Gasteiger partial charge is 0.347 e. The van der Waals surface area contributed by atoms with Crippen LogP contribution in [-0.2, 0) is 4.79 Å². The molecular weight excluding hydrogens is 116 g/mol. The lowest BCUT2D eigenvalue weighted by molar-refractivity contribution is -0.128. The van der Waals surface area contributed by atoms with Gasteiger partial charge < -0.3 is 10.6 Å². The second-order valence-corrected chi connectivity index (χ2v) is 1.99. The van der Waals surface area contributed by atoms with Crippen molar-refractivity contribution in [2.24, 2.45) is 5.73 Å². The number of nitrogens with two attached hydrogens (primary N) is 1. The van der Waals surface area contributed by atoms with Crippen LogP contribution in [0.2, 0.25) is 0 Å². The molecule has 0 rings (SSSR count). The smallest absolute Gasteiger partial charge is 0.242 e. The van der Waals surface area contributed by atoms with Crippen LogP contribution in [0.4, 0.5) is 0 Å². The van der Waals surface area contributed by atoms with Crippen LogP contribution in [0.3, 0.4) is 0 Å². The summed E-state index contributed by atoms with van der Waals surface area (Å²) in [4.78, 5) is 12.2. The molecule has 52 valence electrons. The number of hydrogen-bond acceptors (Lipinski definition) is 2. The molecule has 0 saturated carbocycles. The summed E-state index contributed by atoms with van der Waals surface area (Å²) >= 11 is 0. The summed E-state index contributed by atoms with van der Waals surface area (Å²) in [5.74, 6) is -0.120. The van der Waals surface area contributed by atoms with Crippen molar-refractivity contribution in [3.63, 3.8) is 0 Å². The summed E-state index contributed by atoms with van der Waals surface area (Å²) in [6.45, 7) is 3.39. The molecule has 0 saturated heterocycles. The van der Waals surface area contributed by atoms with Gasteiger partial charge >= 0.3 is 0 Å². The summed E-state index contributed by atoms with van der Waals surface area (Å²) in [5.41, 5.74) is 5.31. The Balaban J connectivity index is 3.87. The topological polar surface area (TPSA) is 46.3 Å². The third-order valence-corrected chi connectivity index (χ3v) is 0.980. The van der Waals surface area contributed by atoms with Crippen molar-refractivity contribution in [2.75, 3.05) is 14.1 Å². The molecule has 0 heterocycles. The molecule has 0 aromatic heterocycles. The maximum absolute atomic E-state index is 10.8. The molecule has 0 radical (unpaired) electrons. The van der Waals surface area contributed by atoms with Crippen LogP contribution in [0.5, 0.6) is 0 Å². The Bertz CT molecular complexity index is 120. The van der Waals surface area contributed by atoms with Crippen molar-refractivity contribution in [1.82, 2.24) is 4.90 Å². The Labute approximate surface area is 55.1 Å². The molecule has 0 fully saturated rings. The zero-order valence-electron chi connectivity index (χ0n) is 5.79. The molecule has 3 heteroatoms. The molecule has 0 aliphatic rings. The summed E-state index contributed by atoms with van der Waals surface area (Å²) in [7, 11) is 3.32. The van der Waals surface area contributed by atoms with E-state index in [9.17, 15) is 4.79 Å². The molecule has 0 aromatic rings. The van der Waals surface area contributed by atoms with Crippen LogP contribution in [-0.4, -0.2) is 30.9 Å². The van der Waals surface area contributed by atoms with Crippen molar-refractivity contribution in [3.05, 3.63) is 12.7 Å². The Kier molecular flexibility index (Phi) is 2.95. The van der Waals surface area contributed by atoms with Gasteiger partial charge in [0.2, 0.25) is 5.91 Å². The van der Waals surface area contributed by atoms with E-state index in [2.05, 4.69) is 6.58 Å². The van der Waals surface area contributed by atoms with E-state index in [1.165, 1.54) is 11.0 Å². The highest BCUT2D eigenvalue weighted by Gasteiger charge is 2.09. The zero-order chi connectivity index (χ0) is 7.44. The average Bonchev–Trinajstić information content (AvgIpc) is 1.84. The molecule has 0 aromatic carbocycles. The van der Waals surface area contributed by atoms with Crippen LogP contribution in [0.25, 0.3) is 0 Å². The van der Waals surface area contributed by atoms with Crippen LogP contribution in [0, 0.1) is 0 Å². The van der Waals surface area contributed by atoms with Crippen LogP contribution < -0.4 is 5.73 Å². The maximum atomic E-state index is 10.8. The number of likely N-dealkylation sites (N-methyl/N-ethyl adjacent to an activating group) is 1. The van der Waals surface area contributed by atoms with Crippen molar-refractivity contribution in [2.45, 2.75) is 6.04 Å². The molecule has 9 heavy (non-hydrogen) atoms. The van der Waals surface area contributed by atoms with Crippen LogP contribution in [0.15, 0.2) is 12.7 Å². The first-order valence-corrected chi connectivity index (χ1v) is 2.69. The minimum Gasteiger partial charge on any atom is -0.347 e. The van der Waals surface area contributed by atoms with Gasteiger partial charge in [-0.3, -0.25) is 4.79 Å². The number of hydrogen-bond donors (Lipinski definition) is 1. The lowest BCUT2D eigenvalue weighted by Crippen LogP contribution is -2.38. The molecule has 0 bridgehead atoms. The average molecular weight is 128 g/mol. The van der Waals surface area contributed by atoms with E-state index >= 15 is 0 Å². The summed E-state index contributed by atoms with van der Waals surface area (Å²) in [6.07, 6.45) is 1.42. The van der Waals surface area contributed by atoms with Crippen LogP contribution >= 0.6 is 0 Å². The van der Waals surface area contributed by atoms with Gasteiger partial charge in [0.15, 0.2) is 0 Å². The lowest BCUT2D eigenvalue weighted by Gasteiger charge is -2.12. The minimum absolute atomic E-state index is 0.120. The Morgan fingerprint density at radius 1 is 1.78 bits per heavy atom. The molecule has 1 atom stereocenters. The van der Waals surface area contributed by atoms with E-state index in [1.54, 1.807) is 14.1 Å². The second kappa shape index (κ2) is 3.25. The SMILES string of the molecule is C=C[C@@H](N)C(=O)N(C)C. The monoisotopic (exact) mass is 128 g/mol. The molecule has 0 aliphatic heterocycles. The van der Waals surface area contributed by atoms with E-state index in [1.807, 2.05) is 0 Å². The number of carbonyl (C=O) groups excluding carboxylic acids is 1. The van der Waals surface area contributed by atoms with Crippen molar-refractivity contribution in [1.29, 1.82) is 0 Å². The van der Waals surface area contributed by atoms with Gasteiger partial charge in [0, 0.05) is 14.1 Å². The molecule has 0 unspecified atom stereocenters. The highest BCUT2D eigenvalue weighted by atomic mass is 16.2. The van der Waals surface area contributed by atoms with Crippen molar-refractivity contribution < 1.29 is 4.79 Å². The van der Waals surface area contributed by atoms with Gasteiger partial charge in [-0.1, -0.05) is 6.08 Å². The van der Waals surface area contributed by atoms with Gasteiger partial charge in [0.05, 0.1) is 0 Å². The number of amides is 1. The maximum Gasteiger partial charge on any atom is 0.242 e. The summed E-state index contributed by atoms with van der Waals surface area (Å²) < 4.78 is 0. The van der Waals surface area contributed by atoms with Gasteiger partial charge in [-0.05, 0) is 0 Å². The third kappa shape index (κ3) is 2.28. The predicted molar refractivity (Wildman–Crippen MR) is 36.9 cm³/mol. The highest BCUT2D eigenvalue weighted by molar-refractivity contribution is 5.82. The first kappa shape index (κ1) is 8.17. The third-order valence-electron chi connectivity index (χ3n) is 0.980. The lowest BCUT2D eigenvalue weighted by atomic mass is 10.3. The highest BCUT2D eigenvalue weighted by Crippen LogP contribution is 1.85. The molecule has 2 N–H and O–H groups in total. The van der Waals surface area contributed by atoms with E-state index in [4.69, 9.17) is 5.73 Å². The standard InChI is InChI=1S/C6H12N2O/c1-4-5(7)6(9)8(2)3/h4-5H,1,7H2,2-3H3/t5-/m1/s1. The summed E-state index contributed by atoms with van der Waals surface area (Å²) in [5, 5.41) is 0. The first-order valence-electron chi connectivity index (χ1n) is 2.69. The van der Waals surface area contributed by atoms with Crippen molar-refractivity contribution in [3.8, 4) is 0 Å². The number of nitrogens with zero attached hydrogens (tertiary/aromatic N) is 1. The van der Waals surface area contributed by atoms with Gasteiger partial charge in [0.1, 0.15) is 6.04 Å². The fourth-order valence-electron chi connectivity index (χ4n) is 0.399. The Hall–Kier alpha value is -0.830. The van der Waals surface area contributed by atoms with Crippen LogP contribution in [0.1, 0.15) is 0 Å².